The van der Waals surface area contributed by atoms with E-state index in [9.17, 15) is 14.4 Å². The van der Waals surface area contributed by atoms with Gasteiger partial charge in [-0.2, -0.15) is 10.2 Å². The largest absolute Gasteiger partial charge is 0.366 e. The Labute approximate surface area is 291 Å². The van der Waals surface area contributed by atoms with E-state index in [2.05, 4.69) is 22.5 Å². The van der Waals surface area contributed by atoms with Crippen LogP contribution in [0.3, 0.4) is 0 Å². The van der Waals surface area contributed by atoms with Gasteiger partial charge in [0.25, 0.3) is 11.8 Å². The van der Waals surface area contributed by atoms with Gasteiger partial charge in [0.1, 0.15) is 11.7 Å². The molecule has 0 radical (unpaired) electrons. The summed E-state index contributed by atoms with van der Waals surface area (Å²) in [6.07, 6.45) is 5.17. The van der Waals surface area contributed by atoms with E-state index in [1.165, 1.54) is 0 Å². The number of nitrogens with two attached hydrogens (primary N) is 1. The number of benzene rings is 2. The van der Waals surface area contributed by atoms with Crippen LogP contribution < -0.4 is 21.5 Å². The lowest BCUT2D eigenvalue weighted by molar-refractivity contribution is -0.126. The van der Waals surface area contributed by atoms with E-state index in [1.807, 2.05) is 59.6 Å². The SMILES string of the molecule is C=Nc1ccccc1N1CCCCn2c(nc3cc(C(N)=O)ccc32)NC(=O)c2c(c(C)nn2CC)CCCCCN2N=C(C)CC2C(=O)N1. The summed E-state index contributed by atoms with van der Waals surface area (Å²) in [4.78, 5) is 48.9. The van der Waals surface area contributed by atoms with Crippen LogP contribution in [0.5, 0.6) is 0 Å². The molecular weight excluding hydrogens is 634 g/mol. The van der Waals surface area contributed by atoms with Crippen molar-refractivity contribution in [2.24, 2.45) is 15.8 Å². The number of anilines is 2. The number of carbonyl (C=O) groups excluding carboxylic acids is 3. The van der Waals surface area contributed by atoms with Gasteiger partial charge in [-0.1, -0.05) is 18.6 Å². The second-order valence-corrected chi connectivity index (χ2v) is 12.8. The number of hydrogen-bond acceptors (Lipinski definition) is 9. The van der Waals surface area contributed by atoms with Gasteiger partial charge in [-0.05, 0) is 89.9 Å². The van der Waals surface area contributed by atoms with Crippen LogP contribution in [0.2, 0.25) is 0 Å². The van der Waals surface area contributed by atoms with Crippen LogP contribution in [-0.4, -0.2) is 73.6 Å². The lowest BCUT2D eigenvalue weighted by atomic mass is 10.0. The van der Waals surface area contributed by atoms with Crippen molar-refractivity contribution in [2.45, 2.75) is 84.8 Å². The third kappa shape index (κ3) is 7.09. The molecule has 0 aliphatic carbocycles. The number of nitrogens with zero attached hydrogens (tertiary/aromatic N) is 8. The highest BCUT2D eigenvalue weighted by atomic mass is 16.2. The molecule has 0 spiro atoms. The van der Waals surface area contributed by atoms with Crippen molar-refractivity contribution in [3.63, 3.8) is 0 Å². The van der Waals surface area contributed by atoms with Crippen molar-refractivity contribution in [3.8, 4) is 0 Å². The van der Waals surface area contributed by atoms with Crippen LogP contribution in [0.25, 0.3) is 11.0 Å². The molecular formula is C36H45N11O3. The quantitative estimate of drug-likeness (QED) is 0.262. The summed E-state index contributed by atoms with van der Waals surface area (Å²) in [7, 11) is 0. The highest BCUT2D eigenvalue weighted by Gasteiger charge is 2.32. The smallest absolute Gasteiger partial charge is 0.276 e. The molecule has 50 heavy (non-hydrogen) atoms. The Balaban J connectivity index is 1.36. The summed E-state index contributed by atoms with van der Waals surface area (Å²) in [6.45, 7) is 11.8. The van der Waals surface area contributed by atoms with E-state index in [-0.39, 0.29) is 11.8 Å². The second-order valence-electron chi connectivity index (χ2n) is 12.8. The summed E-state index contributed by atoms with van der Waals surface area (Å²) in [6, 6.07) is 12.3. The predicted molar refractivity (Wildman–Crippen MR) is 195 cm³/mol. The number of imidazole rings is 1. The number of amides is 3. The Kier molecular flexibility index (Phi) is 10.3. The molecule has 1 atom stereocenters. The van der Waals surface area contributed by atoms with Gasteiger partial charge < -0.3 is 10.3 Å². The van der Waals surface area contributed by atoms with Crippen LogP contribution in [0.1, 0.15) is 84.5 Å². The summed E-state index contributed by atoms with van der Waals surface area (Å²) in [5.74, 6) is -0.587. The van der Waals surface area contributed by atoms with E-state index in [0.29, 0.717) is 80.3 Å². The minimum Gasteiger partial charge on any atom is -0.366 e. The van der Waals surface area contributed by atoms with Gasteiger partial charge >= 0.3 is 0 Å². The van der Waals surface area contributed by atoms with Crippen molar-refractivity contribution >= 4 is 58.5 Å². The molecule has 0 saturated heterocycles. The molecule has 4 N–H and O–H groups in total. The molecule has 0 fully saturated rings. The lowest BCUT2D eigenvalue weighted by Crippen LogP contribution is -2.51. The molecule has 14 nitrogen and oxygen atoms in total. The van der Waals surface area contributed by atoms with Gasteiger partial charge in [0.2, 0.25) is 11.9 Å². The topological polar surface area (TPSA) is 168 Å². The third-order valence-electron chi connectivity index (χ3n) is 9.39. The van der Waals surface area contributed by atoms with Crippen LogP contribution in [-0.2, 0) is 24.3 Å². The first-order chi connectivity index (χ1) is 24.2. The average molecular weight is 680 g/mol. The van der Waals surface area contributed by atoms with E-state index < -0.39 is 11.9 Å². The van der Waals surface area contributed by atoms with Crippen LogP contribution >= 0.6 is 0 Å². The van der Waals surface area contributed by atoms with Crippen molar-refractivity contribution in [1.82, 2.24) is 29.8 Å². The van der Waals surface area contributed by atoms with E-state index in [1.54, 1.807) is 22.9 Å². The van der Waals surface area contributed by atoms with Gasteiger partial charge in [0.05, 0.1) is 28.1 Å². The molecule has 2 aromatic heterocycles. The summed E-state index contributed by atoms with van der Waals surface area (Å²) >= 11 is 0. The number of primary amides is 1. The Morgan fingerprint density at radius 1 is 1.04 bits per heavy atom. The molecule has 3 amide bonds. The third-order valence-corrected chi connectivity index (χ3v) is 9.39. The zero-order valence-electron chi connectivity index (χ0n) is 29.0. The van der Waals surface area contributed by atoms with Gasteiger partial charge in [-0.15, -0.1) is 0 Å². The summed E-state index contributed by atoms with van der Waals surface area (Å²) < 4.78 is 3.70. The number of para-hydroxylation sites is 2. The Bertz CT molecular complexity index is 1960. The monoisotopic (exact) mass is 679 g/mol. The molecule has 4 heterocycles. The fraction of sp³-hybridized carbons (Fsp3) is 0.417. The summed E-state index contributed by atoms with van der Waals surface area (Å²) in [5, 5.41) is 16.2. The molecule has 0 saturated carbocycles. The molecule has 1 unspecified atom stereocenters. The molecule has 262 valence electrons. The number of nitrogens with one attached hydrogen (secondary N) is 2. The number of aromatic nitrogens is 4. The highest BCUT2D eigenvalue weighted by molar-refractivity contribution is 6.04. The average Bonchev–Trinajstić information content (AvgIpc) is 3.76. The number of hydrogen-bond donors (Lipinski definition) is 3. The number of aryl methyl sites for hydroxylation is 3. The molecule has 2 aliphatic heterocycles. The fourth-order valence-electron chi connectivity index (χ4n) is 6.88. The van der Waals surface area contributed by atoms with Crippen molar-refractivity contribution < 1.29 is 14.4 Å². The van der Waals surface area contributed by atoms with E-state index in [0.717, 1.165) is 47.4 Å². The summed E-state index contributed by atoms with van der Waals surface area (Å²) in [5.41, 5.74) is 15.0. The normalized spacial score (nSPS) is 18.1. The number of hydrazine groups is 1. The molecule has 14 heteroatoms. The standard InChI is InChI=1S/C36H45N11O3/c1-5-45-32-26(24(3)42-45)13-7-6-10-19-47-31(21-23(2)41-47)34(49)43-46(30-15-9-8-14-27(30)38-4)20-12-11-18-44-29-17-16-25(33(37)48)22-28(29)39-36(44)40-35(32)50/h8-9,14-17,22,31H,4-7,10-13,18-21H2,1-3H3,(H2,37,48)(H,43,49)(H,39,40,50). The Hall–Kier alpha value is -5.53. The number of carbonyl (C=O) groups is 3. The number of hydrazone groups is 1. The maximum absolute atomic E-state index is 14.1. The highest BCUT2D eigenvalue weighted by Crippen LogP contribution is 2.29. The van der Waals surface area contributed by atoms with Crippen molar-refractivity contribution in [2.75, 3.05) is 23.4 Å². The maximum atomic E-state index is 14.1. The van der Waals surface area contributed by atoms with Gasteiger partial charge in [-0.25, -0.2) is 4.98 Å². The van der Waals surface area contributed by atoms with Crippen molar-refractivity contribution in [1.29, 1.82) is 0 Å². The van der Waals surface area contributed by atoms with Gasteiger partial charge in [-0.3, -0.25) is 44.8 Å². The first-order valence-corrected chi connectivity index (χ1v) is 17.3. The fourth-order valence-corrected chi connectivity index (χ4v) is 6.88. The van der Waals surface area contributed by atoms with Crippen molar-refractivity contribution in [3.05, 3.63) is 65.0 Å². The molecule has 6 rings (SSSR count). The number of rotatable bonds is 4. The zero-order chi connectivity index (χ0) is 35.4. The van der Waals surface area contributed by atoms with Crippen LogP contribution in [0.15, 0.2) is 52.6 Å². The van der Waals surface area contributed by atoms with Gasteiger partial charge in [0.15, 0.2) is 0 Å². The zero-order valence-corrected chi connectivity index (χ0v) is 29.0. The van der Waals surface area contributed by atoms with Crippen LogP contribution in [0, 0.1) is 6.92 Å². The molecule has 4 aromatic rings. The Morgan fingerprint density at radius 2 is 1.82 bits per heavy atom. The number of aliphatic imine (C=N–C) groups is 1. The van der Waals surface area contributed by atoms with E-state index >= 15 is 0 Å². The lowest BCUT2D eigenvalue weighted by Gasteiger charge is -2.30. The minimum absolute atomic E-state index is 0.123. The first-order valence-electron chi connectivity index (χ1n) is 17.3. The first kappa shape index (κ1) is 34.3. The number of fused-ring (bicyclic) bond motifs is 5. The minimum atomic E-state index is -0.554. The van der Waals surface area contributed by atoms with Crippen LogP contribution in [0.4, 0.5) is 17.3 Å². The van der Waals surface area contributed by atoms with Gasteiger partial charge in [0, 0.05) is 49.4 Å². The maximum Gasteiger partial charge on any atom is 0.276 e. The molecule has 2 aliphatic rings. The Morgan fingerprint density at radius 3 is 2.60 bits per heavy atom. The second kappa shape index (κ2) is 14.9. The van der Waals surface area contributed by atoms with E-state index in [4.69, 9.17) is 20.9 Å². The molecule has 0 bridgehead atoms. The predicted octanol–water partition coefficient (Wildman–Crippen LogP) is 4.74. The molecule has 2 aromatic carbocycles.